The van der Waals surface area contributed by atoms with Crippen LogP contribution in [0.4, 0.5) is 0 Å². The van der Waals surface area contributed by atoms with Gasteiger partial charge in [-0.3, -0.25) is 4.79 Å². The van der Waals surface area contributed by atoms with Crippen LogP contribution < -0.4 is 5.73 Å². The molecule has 2 heterocycles. The molecule has 1 aliphatic heterocycles. The summed E-state index contributed by atoms with van der Waals surface area (Å²) in [5.74, 6) is 2.17. The quantitative estimate of drug-likeness (QED) is 0.802. The van der Waals surface area contributed by atoms with Crippen LogP contribution in [-0.4, -0.2) is 38.7 Å². The summed E-state index contributed by atoms with van der Waals surface area (Å²) in [6, 6.07) is -0.449. The summed E-state index contributed by atoms with van der Waals surface area (Å²) in [6.45, 7) is 3.67. The summed E-state index contributed by atoms with van der Waals surface area (Å²) in [6.07, 6.45) is 10.6. The van der Waals surface area contributed by atoms with Crippen LogP contribution >= 0.6 is 12.6 Å². The Morgan fingerprint density at radius 2 is 2.12 bits per heavy atom. The van der Waals surface area contributed by atoms with E-state index in [0.29, 0.717) is 11.7 Å². The minimum atomic E-state index is -0.519. The Hall–Kier alpha value is -1.01. The highest BCUT2D eigenvalue weighted by Gasteiger charge is 2.36. The van der Waals surface area contributed by atoms with Crippen molar-refractivity contribution in [3.05, 3.63) is 17.7 Å². The minimum Gasteiger partial charge on any atom is -0.331 e. The molecular weight excluding hydrogens is 320 g/mol. The van der Waals surface area contributed by atoms with Gasteiger partial charge in [-0.1, -0.05) is 39.0 Å². The number of hydrogen-bond donors (Lipinski definition) is 2. The van der Waals surface area contributed by atoms with Gasteiger partial charge in [-0.25, -0.2) is 4.98 Å². The van der Waals surface area contributed by atoms with Crippen molar-refractivity contribution < 1.29 is 4.79 Å². The molecule has 2 atom stereocenters. The molecule has 2 aliphatic rings. The first kappa shape index (κ1) is 17.8. The number of amides is 1. The third-order valence-electron chi connectivity index (χ3n) is 5.55. The van der Waals surface area contributed by atoms with Crippen molar-refractivity contribution in [3.63, 3.8) is 0 Å². The highest BCUT2D eigenvalue weighted by molar-refractivity contribution is 7.80. The molecule has 1 aromatic heterocycles. The fourth-order valence-electron chi connectivity index (χ4n) is 4.14. The van der Waals surface area contributed by atoms with Gasteiger partial charge in [0.25, 0.3) is 0 Å². The molecule has 0 unspecified atom stereocenters. The molecule has 0 saturated heterocycles. The van der Waals surface area contributed by atoms with Crippen molar-refractivity contribution in [2.45, 2.75) is 70.5 Å². The van der Waals surface area contributed by atoms with Gasteiger partial charge in [-0.05, 0) is 18.8 Å². The van der Waals surface area contributed by atoms with E-state index in [1.165, 1.54) is 32.1 Å². The van der Waals surface area contributed by atoms with Crippen LogP contribution in [0.1, 0.15) is 63.0 Å². The van der Waals surface area contributed by atoms with Crippen LogP contribution in [0.25, 0.3) is 0 Å². The van der Waals surface area contributed by atoms with E-state index < -0.39 is 6.04 Å². The SMILES string of the molecule is CCc1cn2c(n1)[C@H](CC1CCCCC1)N(C(=O)[C@@H](N)CS)CC2. The molecule has 1 saturated carbocycles. The number of nitrogens with zero attached hydrogens (tertiary/aromatic N) is 3. The number of nitrogens with two attached hydrogens (primary N) is 1. The highest BCUT2D eigenvalue weighted by Crippen LogP contribution is 2.36. The average molecular weight is 351 g/mol. The summed E-state index contributed by atoms with van der Waals surface area (Å²) < 4.78 is 2.25. The summed E-state index contributed by atoms with van der Waals surface area (Å²) in [7, 11) is 0. The van der Waals surface area contributed by atoms with Gasteiger partial charge in [0.1, 0.15) is 5.82 Å². The monoisotopic (exact) mass is 350 g/mol. The second kappa shape index (κ2) is 7.91. The summed E-state index contributed by atoms with van der Waals surface area (Å²) >= 11 is 4.22. The first-order chi connectivity index (χ1) is 11.6. The van der Waals surface area contributed by atoms with Gasteiger partial charge >= 0.3 is 0 Å². The molecule has 1 amide bonds. The fourth-order valence-corrected chi connectivity index (χ4v) is 4.29. The third kappa shape index (κ3) is 3.64. The second-order valence-electron chi connectivity index (χ2n) is 7.21. The zero-order valence-electron chi connectivity index (χ0n) is 14.7. The second-order valence-corrected chi connectivity index (χ2v) is 7.58. The molecule has 1 fully saturated rings. The van der Waals surface area contributed by atoms with Crippen LogP contribution in [0.2, 0.25) is 0 Å². The normalized spacial score (nSPS) is 23.1. The summed E-state index contributed by atoms with van der Waals surface area (Å²) in [5.41, 5.74) is 7.12. The third-order valence-corrected chi connectivity index (χ3v) is 5.95. The van der Waals surface area contributed by atoms with Crippen LogP contribution in [0.3, 0.4) is 0 Å². The molecule has 6 heteroatoms. The van der Waals surface area contributed by atoms with Crippen molar-refractivity contribution in [1.82, 2.24) is 14.5 Å². The van der Waals surface area contributed by atoms with Crippen molar-refractivity contribution in [2.75, 3.05) is 12.3 Å². The molecule has 0 radical (unpaired) electrons. The molecule has 1 aliphatic carbocycles. The molecule has 0 aromatic carbocycles. The summed E-state index contributed by atoms with van der Waals surface area (Å²) in [5, 5.41) is 0. The molecule has 24 heavy (non-hydrogen) atoms. The lowest BCUT2D eigenvalue weighted by Crippen LogP contribution is -2.50. The maximum absolute atomic E-state index is 12.8. The van der Waals surface area contributed by atoms with Crippen molar-refractivity contribution in [1.29, 1.82) is 0 Å². The van der Waals surface area contributed by atoms with E-state index in [1.807, 2.05) is 4.90 Å². The van der Waals surface area contributed by atoms with Gasteiger partial charge in [0.05, 0.1) is 17.8 Å². The van der Waals surface area contributed by atoms with E-state index in [9.17, 15) is 4.79 Å². The average Bonchev–Trinajstić information content (AvgIpc) is 3.05. The lowest BCUT2D eigenvalue weighted by molar-refractivity contribution is -0.136. The van der Waals surface area contributed by atoms with Crippen LogP contribution in [0.15, 0.2) is 6.20 Å². The van der Waals surface area contributed by atoms with Crippen LogP contribution in [0.5, 0.6) is 0 Å². The number of aryl methyl sites for hydroxylation is 1. The van der Waals surface area contributed by atoms with Crippen LogP contribution in [-0.2, 0) is 17.8 Å². The number of rotatable bonds is 5. The first-order valence-corrected chi connectivity index (χ1v) is 10.00. The predicted octanol–water partition coefficient (Wildman–Crippen LogP) is 2.56. The first-order valence-electron chi connectivity index (χ1n) is 9.36. The zero-order valence-corrected chi connectivity index (χ0v) is 15.5. The van der Waals surface area contributed by atoms with Gasteiger partial charge in [0.15, 0.2) is 0 Å². The smallest absolute Gasteiger partial charge is 0.241 e. The predicted molar refractivity (Wildman–Crippen MR) is 99.1 cm³/mol. The largest absolute Gasteiger partial charge is 0.331 e. The van der Waals surface area contributed by atoms with E-state index in [-0.39, 0.29) is 11.9 Å². The number of imidazole rings is 1. The Morgan fingerprint density at radius 1 is 1.38 bits per heavy atom. The van der Waals surface area contributed by atoms with E-state index in [4.69, 9.17) is 10.7 Å². The maximum atomic E-state index is 12.8. The number of thiol groups is 1. The standard InChI is InChI=1S/C18H30N4OS/c1-2-14-11-21-8-9-22(18(23)15(19)12-24)16(17(21)20-14)10-13-6-4-3-5-7-13/h11,13,15-16,24H,2-10,12,19H2,1H3/t15-,16-/m0/s1. The molecule has 3 rings (SSSR count). The Morgan fingerprint density at radius 3 is 2.79 bits per heavy atom. The van der Waals surface area contributed by atoms with Crippen LogP contribution in [0, 0.1) is 5.92 Å². The minimum absolute atomic E-state index is 0.0260. The van der Waals surface area contributed by atoms with Gasteiger partial charge in [-0.2, -0.15) is 12.6 Å². The van der Waals surface area contributed by atoms with Gasteiger partial charge in [0, 0.05) is 25.0 Å². The molecule has 134 valence electrons. The molecular formula is C18H30N4OS. The number of carbonyl (C=O) groups is 1. The number of fused-ring (bicyclic) bond motifs is 1. The lowest BCUT2D eigenvalue weighted by Gasteiger charge is -2.39. The molecule has 0 bridgehead atoms. The Kier molecular flexibility index (Phi) is 5.87. The van der Waals surface area contributed by atoms with Crippen molar-refractivity contribution in [2.24, 2.45) is 11.7 Å². The van der Waals surface area contributed by atoms with Gasteiger partial charge in [-0.15, -0.1) is 0 Å². The Bertz CT molecular complexity index is 567. The maximum Gasteiger partial charge on any atom is 0.241 e. The highest BCUT2D eigenvalue weighted by atomic mass is 32.1. The number of aromatic nitrogens is 2. The Labute approximate surface area is 150 Å². The topological polar surface area (TPSA) is 64.2 Å². The number of hydrogen-bond acceptors (Lipinski definition) is 4. The van der Waals surface area contributed by atoms with Gasteiger partial charge < -0.3 is 15.2 Å². The van der Waals surface area contributed by atoms with E-state index in [2.05, 4.69) is 30.3 Å². The van der Waals surface area contributed by atoms with Gasteiger partial charge in [0.2, 0.25) is 5.91 Å². The van der Waals surface area contributed by atoms with E-state index in [1.54, 1.807) is 0 Å². The fraction of sp³-hybridized carbons (Fsp3) is 0.778. The molecule has 1 aromatic rings. The van der Waals surface area contributed by atoms with Crippen molar-refractivity contribution in [3.8, 4) is 0 Å². The van der Waals surface area contributed by atoms with E-state index >= 15 is 0 Å². The Balaban J connectivity index is 1.86. The van der Waals surface area contributed by atoms with E-state index in [0.717, 1.165) is 37.4 Å². The lowest BCUT2D eigenvalue weighted by atomic mass is 9.84. The number of carbonyl (C=O) groups excluding carboxylic acids is 1. The summed E-state index contributed by atoms with van der Waals surface area (Å²) in [4.78, 5) is 19.6. The zero-order chi connectivity index (χ0) is 17.1. The molecule has 2 N–H and O–H groups in total. The molecule has 0 spiro atoms. The molecule has 5 nitrogen and oxygen atoms in total. The van der Waals surface area contributed by atoms with Crippen molar-refractivity contribution >= 4 is 18.5 Å².